The van der Waals surface area contributed by atoms with Gasteiger partial charge in [-0.1, -0.05) is 36.1 Å². The summed E-state index contributed by atoms with van der Waals surface area (Å²) in [6, 6.07) is 20.3. The number of β-amino-alcohol motifs (C(OH)–C–C–N with tert-alkyl or cyclic N) is 1. The van der Waals surface area contributed by atoms with Crippen LogP contribution < -0.4 is 14.8 Å². The van der Waals surface area contributed by atoms with Crippen LogP contribution in [0.25, 0.3) is 0 Å². The van der Waals surface area contributed by atoms with Gasteiger partial charge in [0.2, 0.25) is 0 Å². The Morgan fingerprint density at radius 1 is 0.969 bits per heavy atom. The Hall–Kier alpha value is -3.95. The molecule has 0 saturated heterocycles. The molecule has 2 N–H and O–H groups in total. The molecule has 1 heterocycles. The molecule has 0 saturated carbocycles. The van der Waals surface area contributed by atoms with E-state index in [9.17, 15) is 9.90 Å². The highest BCUT2D eigenvalue weighted by molar-refractivity contribution is 5.90. The third kappa shape index (κ3) is 4.53. The minimum atomic E-state index is -0.877. The molecule has 2 amide bonds. The Morgan fingerprint density at radius 3 is 2.41 bits per heavy atom. The predicted octanol–water partition coefficient (Wildman–Crippen LogP) is 4.18. The molecular weight excluding hydrogens is 404 g/mol. The van der Waals surface area contributed by atoms with Crippen molar-refractivity contribution in [2.45, 2.75) is 12.6 Å². The van der Waals surface area contributed by atoms with Crippen molar-refractivity contribution in [3.63, 3.8) is 0 Å². The van der Waals surface area contributed by atoms with Gasteiger partial charge in [-0.2, -0.15) is 0 Å². The lowest BCUT2D eigenvalue weighted by Gasteiger charge is -2.34. The molecule has 6 heteroatoms. The van der Waals surface area contributed by atoms with Gasteiger partial charge in [0.15, 0.2) is 0 Å². The fraction of sp³-hybridized carbons (Fsp3) is 0.192. The van der Waals surface area contributed by atoms with Crippen LogP contribution in [0.4, 0.5) is 10.5 Å². The number of aliphatic hydroxyl groups excluding tert-OH is 1. The number of benzene rings is 3. The minimum Gasteiger partial charge on any atom is -0.496 e. The van der Waals surface area contributed by atoms with Crippen LogP contribution in [0.2, 0.25) is 0 Å². The Labute approximate surface area is 187 Å². The highest BCUT2D eigenvalue weighted by Crippen LogP contribution is 2.39. The number of anilines is 1. The summed E-state index contributed by atoms with van der Waals surface area (Å²) >= 11 is 0. The molecule has 0 fully saturated rings. The number of nitrogens with zero attached hydrogens (tertiary/aromatic N) is 1. The lowest BCUT2D eigenvalue weighted by Crippen LogP contribution is -2.41. The van der Waals surface area contributed by atoms with Gasteiger partial charge in [0, 0.05) is 27.9 Å². The summed E-state index contributed by atoms with van der Waals surface area (Å²) in [5.74, 6) is 7.42. The molecule has 0 bridgehead atoms. The number of carbonyl (C=O) groups excluding carboxylic acids is 1. The third-order valence-electron chi connectivity index (χ3n) is 5.32. The number of aliphatic hydroxyl groups is 1. The van der Waals surface area contributed by atoms with Gasteiger partial charge >= 0.3 is 6.03 Å². The van der Waals surface area contributed by atoms with Crippen LogP contribution >= 0.6 is 0 Å². The number of rotatable bonds is 3. The summed E-state index contributed by atoms with van der Waals surface area (Å²) in [5, 5.41) is 13.6. The molecule has 1 aliphatic rings. The highest BCUT2D eigenvalue weighted by Gasteiger charge is 2.32. The van der Waals surface area contributed by atoms with Crippen LogP contribution in [0.3, 0.4) is 0 Å². The van der Waals surface area contributed by atoms with Crippen LogP contribution in [0.15, 0.2) is 66.7 Å². The topological polar surface area (TPSA) is 71.0 Å². The van der Waals surface area contributed by atoms with E-state index in [0.29, 0.717) is 29.3 Å². The smallest absolute Gasteiger partial charge is 0.322 e. The summed E-state index contributed by atoms with van der Waals surface area (Å²) in [4.78, 5) is 14.5. The number of carbonyl (C=O) groups is 1. The summed E-state index contributed by atoms with van der Waals surface area (Å²) in [6.07, 6.45) is -0.877. The monoisotopic (exact) mass is 428 g/mol. The van der Waals surface area contributed by atoms with Crippen LogP contribution in [0, 0.1) is 11.8 Å². The molecule has 1 aliphatic heterocycles. The summed E-state index contributed by atoms with van der Waals surface area (Å²) < 4.78 is 10.8. The number of urea groups is 1. The fourth-order valence-corrected chi connectivity index (χ4v) is 3.77. The third-order valence-corrected chi connectivity index (χ3v) is 5.32. The number of hydrogen-bond donors (Lipinski definition) is 2. The van der Waals surface area contributed by atoms with E-state index < -0.39 is 6.10 Å². The van der Waals surface area contributed by atoms with Crippen LogP contribution in [0.5, 0.6) is 11.5 Å². The lowest BCUT2D eigenvalue weighted by atomic mass is 9.95. The molecular formula is C26H24N2O4. The van der Waals surface area contributed by atoms with E-state index in [0.717, 1.165) is 16.7 Å². The Bertz CT molecular complexity index is 1180. The number of ether oxygens (including phenoxy) is 2. The SMILES string of the molecule is COc1ccc(OC)c2c1CN(C(=O)Nc1cccc(C#Cc3ccccc3)c1)CC2O. The Morgan fingerprint density at radius 2 is 1.66 bits per heavy atom. The van der Waals surface area contributed by atoms with Crippen molar-refractivity contribution in [2.24, 2.45) is 0 Å². The van der Waals surface area contributed by atoms with Crippen molar-refractivity contribution in [2.75, 3.05) is 26.1 Å². The predicted molar refractivity (Wildman–Crippen MR) is 123 cm³/mol. The maximum Gasteiger partial charge on any atom is 0.322 e. The van der Waals surface area contributed by atoms with Crippen molar-refractivity contribution in [3.05, 3.63) is 89.0 Å². The average Bonchev–Trinajstić information content (AvgIpc) is 2.82. The first-order valence-electron chi connectivity index (χ1n) is 10.2. The van der Waals surface area contributed by atoms with Gasteiger partial charge in [0.05, 0.1) is 27.3 Å². The first-order valence-corrected chi connectivity index (χ1v) is 10.2. The number of fused-ring (bicyclic) bond motifs is 1. The molecule has 0 aliphatic carbocycles. The number of amides is 2. The van der Waals surface area contributed by atoms with Crippen molar-refractivity contribution < 1.29 is 19.4 Å². The van der Waals surface area contributed by atoms with Gasteiger partial charge < -0.3 is 24.8 Å². The van der Waals surface area contributed by atoms with Crippen molar-refractivity contribution in [1.29, 1.82) is 0 Å². The van der Waals surface area contributed by atoms with Gasteiger partial charge in [-0.25, -0.2) is 4.79 Å². The van der Waals surface area contributed by atoms with Crippen LogP contribution in [-0.4, -0.2) is 36.8 Å². The molecule has 0 spiro atoms. The van der Waals surface area contributed by atoms with E-state index in [1.165, 1.54) is 0 Å². The first-order chi connectivity index (χ1) is 15.6. The van der Waals surface area contributed by atoms with Gasteiger partial charge in [0.25, 0.3) is 0 Å². The number of nitrogens with one attached hydrogen (secondary N) is 1. The fourth-order valence-electron chi connectivity index (χ4n) is 3.77. The van der Waals surface area contributed by atoms with E-state index in [1.54, 1.807) is 31.3 Å². The van der Waals surface area contributed by atoms with Crippen LogP contribution in [0.1, 0.15) is 28.4 Å². The van der Waals surface area contributed by atoms with E-state index in [4.69, 9.17) is 9.47 Å². The van der Waals surface area contributed by atoms with Gasteiger partial charge in [0.1, 0.15) is 17.6 Å². The van der Waals surface area contributed by atoms with E-state index in [1.807, 2.05) is 54.6 Å². The second-order valence-electron chi connectivity index (χ2n) is 7.39. The molecule has 162 valence electrons. The average molecular weight is 428 g/mol. The molecule has 4 rings (SSSR count). The van der Waals surface area contributed by atoms with Crippen LogP contribution in [-0.2, 0) is 6.54 Å². The van der Waals surface area contributed by atoms with E-state index >= 15 is 0 Å². The summed E-state index contributed by atoms with van der Waals surface area (Å²) in [6.45, 7) is 0.446. The second kappa shape index (κ2) is 9.46. The molecule has 1 atom stereocenters. The summed E-state index contributed by atoms with van der Waals surface area (Å²) in [5.41, 5.74) is 3.75. The largest absolute Gasteiger partial charge is 0.496 e. The van der Waals surface area contributed by atoms with Gasteiger partial charge in [-0.3, -0.25) is 0 Å². The van der Waals surface area contributed by atoms with E-state index in [2.05, 4.69) is 17.2 Å². The van der Waals surface area contributed by atoms with Gasteiger partial charge in [-0.05, 0) is 42.5 Å². The molecule has 6 nitrogen and oxygen atoms in total. The second-order valence-corrected chi connectivity index (χ2v) is 7.39. The molecule has 0 aromatic heterocycles. The molecule has 3 aromatic rings. The molecule has 32 heavy (non-hydrogen) atoms. The molecule has 3 aromatic carbocycles. The number of hydrogen-bond acceptors (Lipinski definition) is 4. The Balaban J connectivity index is 1.51. The summed E-state index contributed by atoms with van der Waals surface area (Å²) in [7, 11) is 3.12. The molecule has 0 radical (unpaired) electrons. The van der Waals surface area contributed by atoms with Crippen molar-refractivity contribution in [3.8, 4) is 23.3 Å². The van der Waals surface area contributed by atoms with Gasteiger partial charge in [-0.15, -0.1) is 0 Å². The number of methoxy groups -OCH3 is 2. The zero-order valence-corrected chi connectivity index (χ0v) is 18.0. The quantitative estimate of drug-likeness (QED) is 0.614. The standard InChI is InChI=1S/C26H24N2O4/c1-31-23-13-14-24(32-2)25-21(23)16-28(17-22(25)29)26(30)27-20-10-6-9-19(15-20)12-11-18-7-4-3-5-8-18/h3-10,13-15,22,29H,16-17H2,1-2H3,(H,27,30). The van der Waals surface area contributed by atoms with Crippen molar-refractivity contribution in [1.82, 2.24) is 4.90 Å². The zero-order valence-electron chi connectivity index (χ0n) is 18.0. The normalized spacial score (nSPS) is 14.6. The van der Waals surface area contributed by atoms with Crippen molar-refractivity contribution >= 4 is 11.7 Å². The highest BCUT2D eigenvalue weighted by atomic mass is 16.5. The minimum absolute atomic E-state index is 0.149. The first kappa shape index (κ1) is 21.3. The van der Waals surface area contributed by atoms with E-state index in [-0.39, 0.29) is 12.6 Å². The molecule has 1 unspecified atom stereocenters. The zero-order chi connectivity index (χ0) is 22.5. The maximum atomic E-state index is 13.0. The lowest BCUT2D eigenvalue weighted by molar-refractivity contribution is 0.105. The Kier molecular flexibility index (Phi) is 6.29. The maximum absolute atomic E-state index is 13.0.